The smallest absolute Gasteiger partial charge is 0.261 e. The fourth-order valence-corrected chi connectivity index (χ4v) is 3.82. The first-order valence-corrected chi connectivity index (χ1v) is 11.0. The van der Waals surface area contributed by atoms with E-state index in [9.17, 15) is 13.2 Å². The number of aromatic amines is 1. The molecule has 9 heteroatoms. The van der Waals surface area contributed by atoms with Crippen LogP contribution in [-0.2, 0) is 15.6 Å². The zero-order valence-electron chi connectivity index (χ0n) is 15.5. The van der Waals surface area contributed by atoms with Crippen LogP contribution in [0.2, 0.25) is 0 Å². The van der Waals surface area contributed by atoms with E-state index in [4.69, 9.17) is 15.4 Å². The van der Waals surface area contributed by atoms with Crippen LogP contribution in [0.1, 0.15) is 18.9 Å². The van der Waals surface area contributed by atoms with Gasteiger partial charge in [0.25, 0.3) is 14.6 Å². The van der Waals surface area contributed by atoms with E-state index in [0.717, 1.165) is 12.0 Å². The van der Waals surface area contributed by atoms with Crippen molar-refractivity contribution in [2.24, 2.45) is 0 Å². The maximum atomic E-state index is 12.7. The van der Waals surface area contributed by atoms with Crippen molar-refractivity contribution >= 4 is 30.8 Å². The summed E-state index contributed by atoms with van der Waals surface area (Å²) in [5, 5.41) is 0.506. The highest BCUT2D eigenvalue weighted by Crippen LogP contribution is 2.32. The van der Waals surface area contributed by atoms with Gasteiger partial charge in [0, 0.05) is 23.4 Å². The van der Waals surface area contributed by atoms with E-state index in [-0.39, 0.29) is 22.9 Å². The molecule has 0 aliphatic carbocycles. The van der Waals surface area contributed by atoms with Gasteiger partial charge < -0.3 is 14.3 Å². The number of H-pyrrole nitrogens is 1. The standard InChI is InChI=1S/C19H20ClN3O4S/c1-4-8-23-11-12(3)16-18(23)21-17(22-19(16)24)14-10-13(28(20,25)26)6-7-15(14)27-9-5-2/h5-7,10-11H,2,4,8-9H2,1,3H3,(H,21,22,24). The van der Waals surface area contributed by atoms with Crippen molar-refractivity contribution in [2.75, 3.05) is 6.61 Å². The number of halogens is 1. The highest BCUT2D eigenvalue weighted by molar-refractivity contribution is 8.13. The van der Waals surface area contributed by atoms with E-state index in [1.165, 1.54) is 18.2 Å². The molecule has 2 heterocycles. The number of rotatable bonds is 7. The largest absolute Gasteiger partial charge is 0.489 e. The Kier molecular flexibility index (Phi) is 5.62. The lowest BCUT2D eigenvalue weighted by Gasteiger charge is -2.11. The molecule has 148 valence electrons. The Bertz CT molecular complexity index is 1210. The molecule has 0 aliphatic heterocycles. The van der Waals surface area contributed by atoms with E-state index in [1.54, 1.807) is 6.08 Å². The van der Waals surface area contributed by atoms with Crippen molar-refractivity contribution in [3.63, 3.8) is 0 Å². The highest BCUT2D eigenvalue weighted by Gasteiger charge is 2.19. The Balaban J connectivity index is 2.29. The van der Waals surface area contributed by atoms with Gasteiger partial charge in [0.05, 0.1) is 15.8 Å². The molecule has 0 unspecified atom stereocenters. The van der Waals surface area contributed by atoms with E-state index < -0.39 is 9.05 Å². The molecule has 0 amide bonds. The molecule has 28 heavy (non-hydrogen) atoms. The third-order valence-corrected chi connectivity index (χ3v) is 5.58. The van der Waals surface area contributed by atoms with E-state index >= 15 is 0 Å². The van der Waals surface area contributed by atoms with Gasteiger partial charge in [0.2, 0.25) is 0 Å². The van der Waals surface area contributed by atoms with Gasteiger partial charge >= 0.3 is 0 Å². The van der Waals surface area contributed by atoms with Crippen molar-refractivity contribution in [2.45, 2.75) is 31.7 Å². The summed E-state index contributed by atoms with van der Waals surface area (Å²) in [6, 6.07) is 4.16. The summed E-state index contributed by atoms with van der Waals surface area (Å²) in [4.78, 5) is 19.9. The van der Waals surface area contributed by atoms with Crippen LogP contribution in [0.4, 0.5) is 0 Å². The molecule has 1 aromatic carbocycles. The summed E-state index contributed by atoms with van der Waals surface area (Å²) in [7, 11) is 1.53. The van der Waals surface area contributed by atoms with Crippen molar-refractivity contribution in [1.29, 1.82) is 0 Å². The van der Waals surface area contributed by atoms with Gasteiger partial charge in [-0.1, -0.05) is 19.6 Å². The summed E-state index contributed by atoms with van der Waals surface area (Å²) < 4.78 is 31.1. The van der Waals surface area contributed by atoms with Crippen LogP contribution in [0.3, 0.4) is 0 Å². The number of benzene rings is 1. The van der Waals surface area contributed by atoms with Gasteiger partial charge in [-0.25, -0.2) is 13.4 Å². The molecule has 3 aromatic rings. The lowest BCUT2D eigenvalue weighted by Crippen LogP contribution is -2.11. The Hall–Kier alpha value is -2.58. The number of fused-ring (bicyclic) bond motifs is 1. The molecule has 0 bridgehead atoms. The second-order valence-electron chi connectivity index (χ2n) is 6.31. The molecule has 0 saturated heterocycles. The second kappa shape index (κ2) is 7.81. The van der Waals surface area contributed by atoms with Crippen LogP contribution >= 0.6 is 10.7 Å². The number of hydrogen-bond acceptors (Lipinski definition) is 5. The number of nitrogens with one attached hydrogen (secondary N) is 1. The van der Waals surface area contributed by atoms with Crippen molar-refractivity contribution in [3.8, 4) is 17.1 Å². The number of ether oxygens (including phenoxy) is 1. The van der Waals surface area contributed by atoms with Gasteiger partial charge in [-0.15, -0.1) is 0 Å². The fourth-order valence-electron chi connectivity index (χ4n) is 3.04. The lowest BCUT2D eigenvalue weighted by molar-refractivity contribution is 0.364. The highest BCUT2D eigenvalue weighted by atomic mass is 35.7. The molecule has 0 fully saturated rings. The molecule has 7 nitrogen and oxygen atoms in total. The number of aryl methyl sites for hydroxylation is 2. The van der Waals surface area contributed by atoms with Crippen LogP contribution in [-0.4, -0.2) is 29.6 Å². The van der Waals surface area contributed by atoms with E-state index in [1.807, 2.05) is 24.6 Å². The quantitative estimate of drug-likeness (QED) is 0.464. The minimum absolute atomic E-state index is 0.113. The van der Waals surface area contributed by atoms with Crippen LogP contribution in [0.15, 0.2) is 46.7 Å². The Morgan fingerprint density at radius 2 is 2.14 bits per heavy atom. The maximum Gasteiger partial charge on any atom is 0.261 e. The Morgan fingerprint density at radius 1 is 1.39 bits per heavy atom. The monoisotopic (exact) mass is 421 g/mol. The van der Waals surface area contributed by atoms with Crippen LogP contribution in [0, 0.1) is 6.92 Å². The maximum absolute atomic E-state index is 12.7. The summed E-state index contributed by atoms with van der Waals surface area (Å²) >= 11 is 0. The SMILES string of the molecule is C=CCOc1ccc(S(=O)(=O)Cl)cc1-c1nc2c(c(C)cn2CCC)c(=O)[nH]1. The summed E-state index contributed by atoms with van der Waals surface area (Å²) in [5.41, 5.74) is 1.38. The lowest BCUT2D eigenvalue weighted by atomic mass is 10.1. The molecular formula is C19H20ClN3O4S. The predicted molar refractivity (Wildman–Crippen MR) is 110 cm³/mol. The number of aromatic nitrogens is 3. The summed E-state index contributed by atoms with van der Waals surface area (Å²) in [6.07, 6.45) is 4.32. The normalized spacial score (nSPS) is 11.7. The van der Waals surface area contributed by atoms with Gasteiger partial charge in [-0.05, 0) is 37.1 Å². The summed E-state index contributed by atoms with van der Waals surface area (Å²) in [6.45, 7) is 8.40. The molecular weight excluding hydrogens is 402 g/mol. The molecule has 0 saturated carbocycles. The predicted octanol–water partition coefficient (Wildman–Crippen LogP) is 3.60. The van der Waals surface area contributed by atoms with Crippen LogP contribution < -0.4 is 10.3 Å². The molecule has 0 atom stereocenters. The van der Waals surface area contributed by atoms with Crippen LogP contribution in [0.5, 0.6) is 5.75 Å². The average molecular weight is 422 g/mol. The third-order valence-electron chi connectivity index (χ3n) is 4.23. The summed E-state index contributed by atoms with van der Waals surface area (Å²) in [5.74, 6) is 0.561. The first-order valence-electron chi connectivity index (χ1n) is 8.68. The molecule has 3 rings (SSSR count). The van der Waals surface area contributed by atoms with Crippen molar-refractivity contribution < 1.29 is 13.2 Å². The fraction of sp³-hybridized carbons (Fsp3) is 0.263. The zero-order valence-corrected chi connectivity index (χ0v) is 17.1. The van der Waals surface area contributed by atoms with Crippen LogP contribution in [0.25, 0.3) is 22.4 Å². The Labute approximate surface area is 167 Å². The zero-order chi connectivity index (χ0) is 20.5. The number of hydrogen-bond donors (Lipinski definition) is 1. The minimum atomic E-state index is -3.96. The van der Waals surface area contributed by atoms with Crippen molar-refractivity contribution in [3.05, 3.63) is 53.0 Å². The molecule has 0 spiro atoms. The van der Waals surface area contributed by atoms with Gasteiger partial charge in [-0.2, -0.15) is 0 Å². The van der Waals surface area contributed by atoms with Gasteiger partial charge in [0.1, 0.15) is 23.8 Å². The topological polar surface area (TPSA) is 94.1 Å². The van der Waals surface area contributed by atoms with Gasteiger partial charge in [-0.3, -0.25) is 4.79 Å². The number of nitrogens with zero attached hydrogens (tertiary/aromatic N) is 2. The van der Waals surface area contributed by atoms with Crippen molar-refractivity contribution in [1.82, 2.24) is 14.5 Å². The average Bonchev–Trinajstić information content (AvgIpc) is 2.95. The first-order chi connectivity index (χ1) is 13.3. The second-order valence-corrected chi connectivity index (χ2v) is 8.88. The molecule has 0 radical (unpaired) electrons. The first kappa shape index (κ1) is 20.2. The minimum Gasteiger partial charge on any atom is -0.489 e. The molecule has 1 N–H and O–H groups in total. The Morgan fingerprint density at radius 3 is 2.79 bits per heavy atom. The van der Waals surface area contributed by atoms with Gasteiger partial charge in [0.15, 0.2) is 0 Å². The van der Waals surface area contributed by atoms with E-state index in [0.29, 0.717) is 28.9 Å². The van der Waals surface area contributed by atoms with E-state index in [2.05, 4.69) is 16.5 Å². The molecule has 2 aromatic heterocycles. The molecule has 0 aliphatic rings. The third kappa shape index (κ3) is 3.83.